The summed E-state index contributed by atoms with van der Waals surface area (Å²) in [7, 11) is 0. The summed E-state index contributed by atoms with van der Waals surface area (Å²) in [5.74, 6) is 0. The first-order valence-corrected chi connectivity index (χ1v) is 27.3. The van der Waals surface area contributed by atoms with Gasteiger partial charge in [-0.2, -0.15) is 0 Å². The molecule has 0 amide bonds. The van der Waals surface area contributed by atoms with Crippen LogP contribution in [-0.4, -0.2) is 6.71 Å². The summed E-state index contributed by atoms with van der Waals surface area (Å²) in [6.45, 7) is 38.3. The molecule has 0 atom stereocenters. The van der Waals surface area contributed by atoms with Gasteiger partial charge in [0.1, 0.15) is 0 Å². The Balaban J connectivity index is 1.27. The zero-order valence-corrected chi connectivity index (χ0v) is 48.1. The van der Waals surface area contributed by atoms with Crippen LogP contribution in [0.1, 0.15) is 94.6 Å². The van der Waals surface area contributed by atoms with E-state index in [-0.39, 0.29) is 6.71 Å². The van der Waals surface area contributed by atoms with Gasteiger partial charge >= 0.3 is 0 Å². The van der Waals surface area contributed by atoms with Crippen molar-refractivity contribution in [3.8, 4) is 0 Å². The highest BCUT2D eigenvalue weighted by molar-refractivity contribution is 7.00. The maximum absolute atomic E-state index is 2.65. The quantitative estimate of drug-likeness (QED) is 0.141. The summed E-state index contributed by atoms with van der Waals surface area (Å²) < 4.78 is 0. The van der Waals surface area contributed by atoms with Crippen LogP contribution >= 0.6 is 0 Å². The third kappa shape index (κ3) is 8.68. The van der Waals surface area contributed by atoms with Gasteiger partial charge in [0.25, 0.3) is 6.71 Å². The third-order valence-corrected chi connectivity index (χ3v) is 15.9. The lowest BCUT2D eigenvalue weighted by atomic mass is 9.33. The molecule has 9 aromatic carbocycles. The molecule has 2 aliphatic heterocycles. The van der Waals surface area contributed by atoms with Crippen molar-refractivity contribution in [1.82, 2.24) is 0 Å². The molecular formula is C71H73BN4. The van der Waals surface area contributed by atoms with Crippen LogP contribution in [0.3, 0.4) is 0 Å². The van der Waals surface area contributed by atoms with E-state index in [2.05, 4.69) is 271 Å². The number of anilines is 12. The molecule has 4 nitrogen and oxygen atoms in total. The van der Waals surface area contributed by atoms with Gasteiger partial charge in [0, 0.05) is 45.5 Å². The van der Waals surface area contributed by atoms with Crippen molar-refractivity contribution in [3.63, 3.8) is 0 Å². The van der Waals surface area contributed by atoms with E-state index in [4.69, 9.17) is 0 Å². The topological polar surface area (TPSA) is 13.0 Å². The average Bonchev–Trinajstić information content (AvgIpc) is 3.51. The van der Waals surface area contributed by atoms with Crippen LogP contribution in [0.25, 0.3) is 0 Å². The third-order valence-electron chi connectivity index (χ3n) is 15.9. The van der Waals surface area contributed by atoms with E-state index >= 15 is 0 Å². The lowest BCUT2D eigenvalue weighted by molar-refractivity contribution is 1.16. The SMILES string of the molecule is Cc1cc(C)cc(N(c2cc(C)cc(C)c2)c2cc3c(cc2C)B2c4cc(C)c(N(c5cc(C)cc(C)c5)c5cc(C)cc(C)c5)cc4N(c4c(C)cc(C)cc4C)c4cc(C)cc(c42)N3c2c(C)cc(C)cc2C)c1. The normalized spacial score (nSPS) is 12.5. The van der Waals surface area contributed by atoms with E-state index in [1.807, 2.05) is 0 Å². The van der Waals surface area contributed by atoms with E-state index in [1.54, 1.807) is 0 Å². The zero-order valence-electron chi connectivity index (χ0n) is 48.1. The Morgan fingerprint density at radius 3 is 0.776 bits per heavy atom. The van der Waals surface area contributed by atoms with E-state index in [1.165, 1.54) is 156 Å². The summed E-state index contributed by atoms with van der Waals surface area (Å²) >= 11 is 0. The second-order valence-electron chi connectivity index (χ2n) is 23.3. The van der Waals surface area contributed by atoms with Gasteiger partial charge in [0.05, 0.1) is 22.7 Å². The van der Waals surface area contributed by atoms with Crippen molar-refractivity contribution < 1.29 is 0 Å². The number of aryl methyl sites for hydroxylation is 17. The van der Waals surface area contributed by atoms with Crippen molar-refractivity contribution in [3.05, 3.63) is 228 Å². The maximum atomic E-state index is 2.65. The zero-order chi connectivity index (χ0) is 53.9. The van der Waals surface area contributed by atoms with Crippen molar-refractivity contribution in [2.75, 3.05) is 19.6 Å². The van der Waals surface area contributed by atoms with Gasteiger partial charge in [-0.1, -0.05) is 71.8 Å². The molecule has 2 aliphatic rings. The van der Waals surface area contributed by atoms with Gasteiger partial charge in [-0.15, -0.1) is 0 Å². The molecular weight excluding hydrogens is 920 g/mol. The molecule has 0 spiro atoms. The number of fused-ring (bicyclic) bond motifs is 4. The second kappa shape index (κ2) is 18.8. The molecule has 0 bridgehead atoms. The molecule has 0 fully saturated rings. The molecule has 0 N–H and O–H groups in total. The summed E-state index contributed by atoms with van der Waals surface area (Å²) in [4.78, 5) is 10.3. The Morgan fingerprint density at radius 1 is 0.250 bits per heavy atom. The molecule has 0 unspecified atom stereocenters. The molecule has 11 rings (SSSR count). The minimum atomic E-state index is -0.0764. The van der Waals surface area contributed by atoms with Gasteiger partial charge < -0.3 is 19.6 Å². The van der Waals surface area contributed by atoms with Gasteiger partial charge in [0.2, 0.25) is 0 Å². The Hall–Kier alpha value is -7.76. The minimum absolute atomic E-state index is 0.0764. The van der Waals surface area contributed by atoms with Crippen molar-refractivity contribution in [1.29, 1.82) is 0 Å². The van der Waals surface area contributed by atoms with Crippen molar-refractivity contribution >= 4 is 91.3 Å². The van der Waals surface area contributed by atoms with Gasteiger partial charge in [-0.3, -0.25) is 0 Å². The predicted octanol–water partition coefficient (Wildman–Crippen LogP) is 18.0. The lowest BCUT2D eigenvalue weighted by Gasteiger charge is -2.46. The van der Waals surface area contributed by atoms with E-state index < -0.39 is 0 Å². The second-order valence-corrected chi connectivity index (χ2v) is 23.3. The molecule has 2 heterocycles. The van der Waals surface area contributed by atoms with Crippen LogP contribution in [0.5, 0.6) is 0 Å². The Bertz CT molecular complexity index is 3420. The molecule has 0 aromatic heterocycles. The number of hydrogen-bond donors (Lipinski definition) is 0. The standard InChI is InChI=1S/C71H73BN4/c1-40-18-41(2)27-57(26-40)73(58-28-42(3)19-43(4)29-58)63-38-65-61(36-51(63)12)72-62-37-52(13)64(74(59-30-44(5)20-45(6)31-59)60-32-46(7)21-47(8)33-60)39-66(62)76(71-55(16)24-49(10)25-56(71)17)68-35-50(11)34-67(69(68)72)75(65)70-53(14)22-48(9)23-54(70)15/h18-39H,1-17H3. The Morgan fingerprint density at radius 2 is 0.500 bits per heavy atom. The molecule has 0 aliphatic carbocycles. The highest BCUT2D eigenvalue weighted by atomic mass is 15.2. The highest BCUT2D eigenvalue weighted by Crippen LogP contribution is 2.51. The first kappa shape index (κ1) is 50.4. The number of hydrogen-bond acceptors (Lipinski definition) is 4. The lowest BCUT2D eigenvalue weighted by Crippen LogP contribution is -2.61. The van der Waals surface area contributed by atoms with Crippen molar-refractivity contribution in [2.24, 2.45) is 0 Å². The van der Waals surface area contributed by atoms with E-state index in [0.29, 0.717) is 0 Å². The van der Waals surface area contributed by atoms with E-state index in [9.17, 15) is 0 Å². The summed E-state index contributed by atoms with van der Waals surface area (Å²) in [5.41, 5.74) is 39.5. The summed E-state index contributed by atoms with van der Waals surface area (Å²) in [5, 5.41) is 0. The molecule has 0 saturated heterocycles. The van der Waals surface area contributed by atoms with Crippen LogP contribution in [0, 0.1) is 118 Å². The first-order valence-electron chi connectivity index (χ1n) is 27.3. The Labute approximate surface area is 454 Å². The number of rotatable bonds is 8. The first-order chi connectivity index (χ1) is 36.1. The fourth-order valence-corrected chi connectivity index (χ4v) is 13.6. The number of nitrogens with zero attached hydrogens (tertiary/aromatic N) is 4. The van der Waals surface area contributed by atoms with Crippen LogP contribution in [-0.2, 0) is 0 Å². The smallest absolute Gasteiger partial charge is 0.252 e. The molecule has 9 aromatic rings. The molecule has 0 radical (unpaired) electrons. The largest absolute Gasteiger partial charge is 0.311 e. The van der Waals surface area contributed by atoms with Crippen molar-refractivity contribution in [2.45, 2.75) is 118 Å². The van der Waals surface area contributed by atoms with Crippen LogP contribution in [0.4, 0.5) is 68.2 Å². The Kier molecular flexibility index (Phi) is 12.5. The molecule has 380 valence electrons. The van der Waals surface area contributed by atoms with Crippen LogP contribution < -0.4 is 36.0 Å². The molecule has 5 heteroatoms. The van der Waals surface area contributed by atoms with Crippen LogP contribution in [0.15, 0.2) is 133 Å². The minimum Gasteiger partial charge on any atom is -0.311 e. The average molecular weight is 993 g/mol. The van der Waals surface area contributed by atoms with Gasteiger partial charge in [-0.25, -0.2) is 0 Å². The fourth-order valence-electron chi connectivity index (χ4n) is 13.6. The van der Waals surface area contributed by atoms with Crippen LogP contribution in [0.2, 0.25) is 0 Å². The van der Waals surface area contributed by atoms with Gasteiger partial charge in [0.15, 0.2) is 0 Å². The molecule has 0 saturated carbocycles. The fraction of sp³-hybridized carbons (Fsp3) is 0.239. The van der Waals surface area contributed by atoms with E-state index in [0.717, 1.165) is 22.7 Å². The maximum Gasteiger partial charge on any atom is 0.252 e. The van der Waals surface area contributed by atoms with Gasteiger partial charge in [-0.05, 0) is 290 Å². The molecule has 76 heavy (non-hydrogen) atoms. The summed E-state index contributed by atoms with van der Waals surface area (Å²) in [6.07, 6.45) is 0. The number of benzene rings is 9. The predicted molar refractivity (Wildman–Crippen MR) is 330 cm³/mol. The highest BCUT2D eigenvalue weighted by Gasteiger charge is 2.45. The summed E-state index contributed by atoms with van der Waals surface area (Å²) in [6, 6.07) is 52.5. The monoisotopic (exact) mass is 993 g/mol.